The summed E-state index contributed by atoms with van der Waals surface area (Å²) in [6.45, 7) is 1.92. The quantitative estimate of drug-likeness (QED) is 0.902. The molecule has 0 aliphatic rings. The third kappa shape index (κ3) is 3.18. The number of hydrogen-bond donors (Lipinski definition) is 1. The molecule has 18 heavy (non-hydrogen) atoms. The maximum Gasteiger partial charge on any atom is 0.123 e. The number of halogens is 2. The van der Waals surface area contributed by atoms with Gasteiger partial charge < -0.3 is 5.11 Å². The van der Waals surface area contributed by atoms with Crippen molar-refractivity contribution in [1.82, 2.24) is 0 Å². The van der Waals surface area contributed by atoms with Gasteiger partial charge in [0.25, 0.3) is 0 Å². The second-order valence-corrected chi connectivity index (χ2v) is 5.26. The number of benzene rings is 2. The zero-order chi connectivity index (χ0) is 13.1. The van der Waals surface area contributed by atoms with Gasteiger partial charge in [0.05, 0.1) is 6.10 Å². The molecule has 0 aliphatic carbocycles. The van der Waals surface area contributed by atoms with Gasteiger partial charge >= 0.3 is 0 Å². The van der Waals surface area contributed by atoms with Crippen molar-refractivity contribution in [2.45, 2.75) is 19.4 Å². The van der Waals surface area contributed by atoms with Crippen LogP contribution in [0, 0.1) is 12.7 Å². The lowest BCUT2D eigenvalue weighted by Gasteiger charge is -2.13. The van der Waals surface area contributed by atoms with Crippen LogP contribution in [0.3, 0.4) is 0 Å². The Labute approximate surface area is 114 Å². The predicted octanol–water partition coefficient (Wildman–Crippen LogP) is 4.17. The van der Waals surface area contributed by atoms with Gasteiger partial charge in [-0.05, 0) is 47.9 Å². The van der Waals surface area contributed by atoms with Crippen molar-refractivity contribution in [2.75, 3.05) is 0 Å². The Kier molecular flexibility index (Phi) is 4.15. The second-order valence-electron chi connectivity index (χ2n) is 4.34. The first kappa shape index (κ1) is 13.2. The number of hydrogen-bond acceptors (Lipinski definition) is 1. The zero-order valence-electron chi connectivity index (χ0n) is 10.0. The monoisotopic (exact) mass is 308 g/mol. The lowest BCUT2D eigenvalue weighted by molar-refractivity contribution is 0.178. The molecule has 0 radical (unpaired) electrons. The van der Waals surface area contributed by atoms with Crippen molar-refractivity contribution in [2.24, 2.45) is 0 Å². The number of aryl methyl sites for hydroxylation is 1. The summed E-state index contributed by atoms with van der Waals surface area (Å²) in [5.74, 6) is -0.265. The van der Waals surface area contributed by atoms with E-state index in [9.17, 15) is 9.50 Å². The van der Waals surface area contributed by atoms with Gasteiger partial charge in [0, 0.05) is 10.9 Å². The molecular formula is C15H14BrFO. The summed E-state index contributed by atoms with van der Waals surface area (Å²) in [5.41, 5.74) is 2.67. The lowest BCUT2D eigenvalue weighted by atomic mass is 9.98. The number of rotatable bonds is 3. The summed E-state index contributed by atoms with van der Waals surface area (Å²) < 4.78 is 14.1. The van der Waals surface area contributed by atoms with Crippen molar-refractivity contribution in [1.29, 1.82) is 0 Å². The van der Waals surface area contributed by atoms with Crippen LogP contribution in [0.2, 0.25) is 0 Å². The van der Waals surface area contributed by atoms with Crippen molar-refractivity contribution >= 4 is 15.9 Å². The molecule has 0 amide bonds. The Morgan fingerprint density at radius 3 is 2.50 bits per heavy atom. The van der Waals surface area contributed by atoms with Gasteiger partial charge in [0.15, 0.2) is 0 Å². The van der Waals surface area contributed by atoms with Crippen molar-refractivity contribution in [3.05, 3.63) is 69.4 Å². The van der Waals surface area contributed by atoms with Crippen LogP contribution in [0.15, 0.2) is 46.9 Å². The van der Waals surface area contributed by atoms with Crippen LogP contribution in [0.5, 0.6) is 0 Å². The van der Waals surface area contributed by atoms with Gasteiger partial charge in [-0.2, -0.15) is 0 Å². The molecule has 0 bridgehead atoms. The molecule has 2 rings (SSSR count). The van der Waals surface area contributed by atoms with E-state index in [2.05, 4.69) is 15.9 Å². The van der Waals surface area contributed by atoms with Crippen LogP contribution < -0.4 is 0 Å². The molecule has 0 saturated carbocycles. The van der Waals surface area contributed by atoms with Gasteiger partial charge in [-0.1, -0.05) is 34.1 Å². The Balaban J connectivity index is 2.18. The summed E-state index contributed by atoms with van der Waals surface area (Å²) in [4.78, 5) is 0. The van der Waals surface area contributed by atoms with Crippen molar-refractivity contribution in [3.63, 3.8) is 0 Å². The fourth-order valence-corrected chi connectivity index (χ4v) is 2.14. The van der Waals surface area contributed by atoms with Gasteiger partial charge in [0.1, 0.15) is 5.82 Å². The van der Waals surface area contributed by atoms with Gasteiger partial charge in [-0.15, -0.1) is 0 Å². The highest BCUT2D eigenvalue weighted by atomic mass is 79.9. The first-order valence-electron chi connectivity index (χ1n) is 5.75. The van der Waals surface area contributed by atoms with Crippen LogP contribution in [0.1, 0.15) is 22.8 Å². The smallest absolute Gasteiger partial charge is 0.123 e. The van der Waals surface area contributed by atoms with Crippen LogP contribution >= 0.6 is 15.9 Å². The molecule has 0 aliphatic heterocycles. The van der Waals surface area contributed by atoms with E-state index in [-0.39, 0.29) is 5.82 Å². The number of aliphatic hydroxyl groups is 1. The molecule has 0 fully saturated rings. The molecule has 1 atom stereocenters. The Hall–Kier alpha value is -1.19. The average Bonchev–Trinajstić information content (AvgIpc) is 2.34. The van der Waals surface area contributed by atoms with Gasteiger partial charge in [-0.3, -0.25) is 0 Å². The molecule has 0 spiro atoms. The Morgan fingerprint density at radius 1 is 1.17 bits per heavy atom. The lowest BCUT2D eigenvalue weighted by Crippen LogP contribution is -2.03. The highest BCUT2D eigenvalue weighted by Crippen LogP contribution is 2.22. The minimum absolute atomic E-state index is 0.265. The topological polar surface area (TPSA) is 20.2 Å². The maximum atomic E-state index is 13.2. The largest absolute Gasteiger partial charge is 0.388 e. The minimum atomic E-state index is -0.612. The normalized spacial score (nSPS) is 12.4. The highest BCUT2D eigenvalue weighted by molar-refractivity contribution is 9.10. The first-order valence-corrected chi connectivity index (χ1v) is 6.54. The van der Waals surface area contributed by atoms with Gasteiger partial charge in [0.2, 0.25) is 0 Å². The summed E-state index contributed by atoms with van der Waals surface area (Å²) in [6, 6.07) is 12.2. The molecule has 0 aromatic heterocycles. The third-order valence-electron chi connectivity index (χ3n) is 2.98. The van der Waals surface area contributed by atoms with E-state index >= 15 is 0 Å². The third-order valence-corrected chi connectivity index (χ3v) is 3.51. The molecule has 2 aromatic carbocycles. The standard InChI is InChI=1S/C15H14BrFO/c1-10-2-7-14(17)8-12(10)9-15(18)11-3-5-13(16)6-4-11/h2-8,15,18H,9H2,1H3. The van der Waals surface area contributed by atoms with E-state index in [0.717, 1.165) is 21.2 Å². The van der Waals surface area contributed by atoms with Crippen LogP contribution in [0.25, 0.3) is 0 Å². The first-order chi connectivity index (χ1) is 8.56. The van der Waals surface area contributed by atoms with Crippen LogP contribution in [-0.2, 0) is 6.42 Å². The highest BCUT2D eigenvalue weighted by Gasteiger charge is 2.10. The summed E-state index contributed by atoms with van der Waals surface area (Å²) in [7, 11) is 0. The molecule has 0 saturated heterocycles. The molecule has 0 heterocycles. The fraction of sp³-hybridized carbons (Fsp3) is 0.200. The van der Waals surface area contributed by atoms with E-state index in [4.69, 9.17) is 0 Å². The van der Waals surface area contributed by atoms with Crippen molar-refractivity contribution in [3.8, 4) is 0 Å². The minimum Gasteiger partial charge on any atom is -0.388 e. The van der Waals surface area contributed by atoms with E-state index in [1.807, 2.05) is 31.2 Å². The summed E-state index contributed by atoms with van der Waals surface area (Å²) in [5, 5.41) is 10.1. The zero-order valence-corrected chi connectivity index (χ0v) is 11.6. The SMILES string of the molecule is Cc1ccc(F)cc1CC(O)c1ccc(Br)cc1. The second kappa shape index (κ2) is 5.63. The molecule has 1 unspecified atom stereocenters. The Morgan fingerprint density at radius 2 is 1.83 bits per heavy atom. The predicted molar refractivity (Wildman–Crippen MR) is 73.9 cm³/mol. The van der Waals surface area contributed by atoms with Gasteiger partial charge in [-0.25, -0.2) is 4.39 Å². The maximum absolute atomic E-state index is 13.2. The molecule has 2 aromatic rings. The molecule has 1 N–H and O–H groups in total. The average molecular weight is 309 g/mol. The summed E-state index contributed by atoms with van der Waals surface area (Å²) in [6.07, 6.45) is -0.191. The van der Waals surface area contributed by atoms with Crippen LogP contribution in [0.4, 0.5) is 4.39 Å². The number of aliphatic hydroxyl groups excluding tert-OH is 1. The van der Waals surface area contributed by atoms with Crippen molar-refractivity contribution < 1.29 is 9.50 Å². The van der Waals surface area contributed by atoms with E-state index in [1.165, 1.54) is 12.1 Å². The van der Waals surface area contributed by atoms with E-state index < -0.39 is 6.10 Å². The Bertz CT molecular complexity index is 537. The van der Waals surface area contributed by atoms with E-state index in [0.29, 0.717) is 6.42 Å². The molecule has 94 valence electrons. The fourth-order valence-electron chi connectivity index (χ4n) is 1.87. The summed E-state index contributed by atoms with van der Waals surface area (Å²) >= 11 is 3.35. The molecular weight excluding hydrogens is 295 g/mol. The molecule has 1 nitrogen and oxygen atoms in total. The van der Waals surface area contributed by atoms with E-state index in [1.54, 1.807) is 6.07 Å². The van der Waals surface area contributed by atoms with Crippen LogP contribution in [-0.4, -0.2) is 5.11 Å². The molecule has 3 heteroatoms.